The molecule has 0 N–H and O–H groups in total. The quantitative estimate of drug-likeness (QED) is 0.454. The molecule has 0 aliphatic rings. The highest BCUT2D eigenvalue weighted by Gasteiger charge is 2.92. The van der Waals surface area contributed by atoms with E-state index in [2.05, 4.69) is 4.18 Å². The van der Waals surface area contributed by atoms with Crippen molar-refractivity contribution in [3.63, 3.8) is 0 Å². The molecular formula is C8H5F13O3S. The summed E-state index contributed by atoms with van der Waals surface area (Å²) in [4.78, 5) is 0. The molecule has 0 unspecified atom stereocenters. The smallest absolute Gasteiger partial charge is 0.266 e. The van der Waals surface area contributed by atoms with Crippen LogP contribution in [0.4, 0.5) is 57.1 Å². The van der Waals surface area contributed by atoms with Gasteiger partial charge in [0.1, 0.15) is 0 Å². The van der Waals surface area contributed by atoms with Crippen LogP contribution in [0.3, 0.4) is 0 Å². The van der Waals surface area contributed by atoms with E-state index in [0.29, 0.717) is 6.92 Å². The summed E-state index contributed by atoms with van der Waals surface area (Å²) in [5.74, 6) is -32.2. The van der Waals surface area contributed by atoms with E-state index < -0.39 is 51.8 Å². The molecule has 0 radical (unpaired) electrons. The Labute approximate surface area is 129 Å². The van der Waals surface area contributed by atoms with Crippen LogP contribution in [0, 0.1) is 0 Å². The van der Waals surface area contributed by atoms with Crippen LogP contribution in [0.25, 0.3) is 0 Å². The minimum atomic E-state index is -8.17. The monoisotopic (exact) mass is 428 g/mol. The lowest BCUT2D eigenvalue weighted by atomic mass is 9.98. The van der Waals surface area contributed by atoms with Gasteiger partial charge in [0.05, 0.1) is 6.61 Å². The number of alkyl halides is 13. The Morgan fingerprint density at radius 1 is 0.640 bits per heavy atom. The lowest BCUT2D eigenvalue weighted by Crippen LogP contribution is -2.71. The average Bonchev–Trinajstić information content (AvgIpc) is 2.35. The highest BCUT2D eigenvalue weighted by molar-refractivity contribution is 7.87. The van der Waals surface area contributed by atoms with E-state index >= 15 is 0 Å². The number of hydrogen-bond acceptors (Lipinski definition) is 3. The summed E-state index contributed by atoms with van der Waals surface area (Å²) < 4.78 is 188. The maximum absolute atomic E-state index is 13.1. The van der Waals surface area contributed by atoms with Crippen LogP contribution in [0.15, 0.2) is 0 Å². The van der Waals surface area contributed by atoms with Gasteiger partial charge in [-0.3, -0.25) is 4.18 Å². The summed E-state index contributed by atoms with van der Waals surface area (Å²) in [6.07, 6.45) is -7.57. The lowest BCUT2D eigenvalue weighted by molar-refractivity contribution is -0.433. The first-order chi connectivity index (χ1) is 10.6. The van der Waals surface area contributed by atoms with Gasteiger partial charge < -0.3 is 0 Å². The van der Waals surface area contributed by atoms with Gasteiger partial charge in [-0.25, -0.2) is 0 Å². The molecule has 152 valence electrons. The maximum Gasteiger partial charge on any atom is 0.460 e. The van der Waals surface area contributed by atoms with Gasteiger partial charge in [0.2, 0.25) is 0 Å². The fourth-order valence-corrected chi connectivity index (χ4v) is 2.04. The topological polar surface area (TPSA) is 43.4 Å². The highest BCUT2D eigenvalue weighted by atomic mass is 32.2. The molecule has 0 aliphatic heterocycles. The predicted molar refractivity (Wildman–Crippen MR) is 51.3 cm³/mol. The standard InChI is InChI=1S/C8H5F13O3S/c1-2-24-25(22,23)8(20,21)6(15,16)4(11,12)3(9,10)5(13,14)7(17,18)19/h2H2,1H3. The summed E-state index contributed by atoms with van der Waals surface area (Å²) in [6, 6.07) is 0. The summed E-state index contributed by atoms with van der Waals surface area (Å²) in [6.45, 7) is -0.870. The minimum Gasteiger partial charge on any atom is -0.266 e. The first-order valence-corrected chi connectivity index (χ1v) is 6.81. The fraction of sp³-hybridized carbons (Fsp3) is 1.00. The third-order valence-corrected chi connectivity index (χ3v) is 3.92. The van der Waals surface area contributed by atoms with Crippen LogP contribution in [0.5, 0.6) is 0 Å². The van der Waals surface area contributed by atoms with Crippen LogP contribution in [-0.4, -0.2) is 50.1 Å². The van der Waals surface area contributed by atoms with Gasteiger partial charge in [-0.05, 0) is 6.92 Å². The largest absolute Gasteiger partial charge is 0.460 e. The molecule has 0 amide bonds. The molecule has 0 rings (SSSR count). The SMILES string of the molecule is CCOS(=O)(=O)C(F)(F)C(F)(F)C(F)(F)C(F)(F)C(F)(F)C(F)(F)F. The van der Waals surface area contributed by atoms with E-state index in [0.717, 1.165) is 0 Å². The second kappa shape index (κ2) is 6.02. The molecule has 17 heteroatoms. The predicted octanol–water partition coefficient (Wildman–Crippen LogP) is 4.05. The van der Waals surface area contributed by atoms with Gasteiger partial charge in [-0.1, -0.05) is 0 Å². The Bertz CT molecular complexity index is 591. The zero-order valence-electron chi connectivity index (χ0n) is 11.3. The zero-order chi connectivity index (χ0) is 20.9. The molecule has 0 spiro atoms. The van der Waals surface area contributed by atoms with Crippen LogP contribution in [-0.2, 0) is 14.3 Å². The van der Waals surface area contributed by atoms with Gasteiger partial charge >= 0.3 is 45.2 Å². The molecule has 0 saturated carbocycles. The summed E-state index contributed by atoms with van der Waals surface area (Å²) in [5, 5.41) is -7.29. The van der Waals surface area contributed by atoms with Gasteiger partial charge in [0.25, 0.3) is 0 Å². The Balaban J connectivity index is 6.50. The van der Waals surface area contributed by atoms with Crippen LogP contribution >= 0.6 is 0 Å². The van der Waals surface area contributed by atoms with Crippen molar-refractivity contribution >= 4 is 10.1 Å². The van der Waals surface area contributed by atoms with Crippen LogP contribution in [0.1, 0.15) is 6.92 Å². The number of halogens is 13. The molecule has 0 saturated heterocycles. The first-order valence-electron chi connectivity index (χ1n) is 5.41. The lowest BCUT2D eigenvalue weighted by Gasteiger charge is -2.38. The van der Waals surface area contributed by atoms with Gasteiger partial charge in [-0.15, -0.1) is 0 Å². The normalized spacial score (nSPS) is 16.2. The molecule has 0 fully saturated rings. The Kier molecular flexibility index (Phi) is 5.78. The van der Waals surface area contributed by atoms with Crippen molar-refractivity contribution in [3.8, 4) is 0 Å². The molecule has 0 atom stereocenters. The summed E-state index contributed by atoms with van der Waals surface area (Å²) in [7, 11) is -7.11. The van der Waals surface area contributed by atoms with Crippen LogP contribution in [0.2, 0.25) is 0 Å². The molecule has 0 aromatic carbocycles. The third kappa shape index (κ3) is 3.12. The fourth-order valence-electron chi connectivity index (χ4n) is 1.14. The second-order valence-corrected chi connectivity index (χ2v) is 5.83. The molecule has 0 aromatic heterocycles. The number of hydrogen-bond donors (Lipinski definition) is 0. The zero-order valence-corrected chi connectivity index (χ0v) is 12.1. The summed E-state index contributed by atoms with van der Waals surface area (Å²) in [5.41, 5.74) is 0. The second-order valence-electron chi connectivity index (χ2n) is 4.17. The Morgan fingerprint density at radius 3 is 1.24 bits per heavy atom. The first kappa shape index (κ1) is 24.0. The molecular weight excluding hydrogens is 423 g/mol. The van der Waals surface area contributed by atoms with E-state index in [1.807, 2.05) is 0 Å². The Hall–Kier alpha value is -1.00. The van der Waals surface area contributed by atoms with E-state index in [1.165, 1.54) is 0 Å². The van der Waals surface area contributed by atoms with Crippen molar-refractivity contribution in [2.24, 2.45) is 0 Å². The Morgan fingerprint density at radius 2 is 0.960 bits per heavy atom. The maximum atomic E-state index is 13.1. The van der Waals surface area contributed by atoms with Crippen molar-refractivity contribution in [2.75, 3.05) is 6.61 Å². The van der Waals surface area contributed by atoms with E-state index in [4.69, 9.17) is 0 Å². The third-order valence-electron chi connectivity index (χ3n) is 2.49. The van der Waals surface area contributed by atoms with E-state index in [9.17, 15) is 65.5 Å². The summed E-state index contributed by atoms with van der Waals surface area (Å²) >= 11 is 0. The molecule has 3 nitrogen and oxygen atoms in total. The van der Waals surface area contributed by atoms with Gasteiger partial charge in [-0.2, -0.15) is 65.5 Å². The van der Waals surface area contributed by atoms with Crippen molar-refractivity contribution < 1.29 is 69.7 Å². The van der Waals surface area contributed by atoms with E-state index in [-0.39, 0.29) is 0 Å². The average molecular weight is 428 g/mol. The minimum absolute atomic E-state index is 0.538. The molecule has 0 aromatic rings. The molecule has 0 bridgehead atoms. The molecule has 0 aliphatic carbocycles. The number of rotatable bonds is 7. The highest BCUT2D eigenvalue weighted by Crippen LogP contribution is 2.61. The van der Waals surface area contributed by atoms with E-state index in [1.54, 1.807) is 0 Å². The molecule has 0 heterocycles. The molecule has 25 heavy (non-hydrogen) atoms. The van der Waals surface area contributed by atoms with Crippen molar-refractivity contribution in [3.05, 3.63) is 0 Å². The van der Waals surface area contributed by atoms with Crippen LogP contribution < -0.4 is 0 Å². The van der Waals surface area contributed by atoms with Crippen molar-refractivity contribution in [2.45, 2.75) is 42.0 Å². The van der Waals surface area contributed by atoms with Gasteiger partial charge in [0.15, 0.2) is 0 Å². The van der Waals surface area contributed by atoms with Crippen molar-refractivity contribution in [1.82, 2.24) is 0 Å². The van der Waals surface area contributed by atoms with Gasteiger partial charge in [0, 0.05) is 0 Å². The van der Waals surface area contributed by atoms with Crippen molar-refractivity contribution in [1.29, 1.82) is 0 Å².